The van der Waals surface area contributed by atoms with Crippen LogP contribution >= 0.6 is 0 Å². The number of hydrogen-bond acceptors (Lipinski definition) is 7. The third-order valence-electron chi connectivity index (χ3n) is 5.49. The van der Waals surface area contributed by atoms with E-state index in [1.807, 2.05) is 12.3 Å². The third kappa shape index (κ3) is 4.36. The van der Waals surface area contributed by atoms with Crippen LogP contribution in [0.1, 0.15) is 41.2 Å². The lowest BCUT2D eigenvalue weighted by atomic mass is 10.2. The van der Waals surface area contributed by atoms with Crippen LogP contribution in [0.25, 0.3) is 11.4 Å². The minimum atomic E-state index is -0.673. The lowest BCUT2D eigenvalue weighted by Gasteiger charge is -2.13. The number of carbonyl (C=O) groups excluding carboxylic acids is 2. The quantitative estimate of drug-likeness (QED) is 0.525. The van der Waals surface area contributed by atoms with Crippen LogP contribution < -0.4 is 21.1 Å². The van der Waals surface area contributed by atoms with Crippen LogP contribution in [0.5, 0.6) is 11.6 Å². The number of aromatic nitrogens is 3. The van der Waals surface area contributed by atoms with Gasteiger partial charge in [0.2, 0.25) is 11.8 Å². The van der Waals surface area contributed by atoms with Crippen molar-refractivity contribution in [1.29, 1.82) is 0 Å². The molecule has 2 aliphatic rings. The molecule has 3 aromatic rings. The van der Waals surface area contributed by atoms with Crippen molar-refractivity contribution in [3.63, 3.8) is 0 Å². The average molecular weight is 430 g/mol. The maximum atomic E-state index is 11.9. The Labute approximate surface area is 184 Å². The highest BCUT2D eigenvalue weighted by molar-refractivity contribution is 5.92. The Hall–Kier alpha value is -4.01. The fourth-order valence-electron chi connectivity index (χ4n) is 3.59. The third-order valence-corrected chi connectivity index (χ3v) is 5.49. The molecule has 2 fully saturated rings. The number of nitrogens with zero attached hydrogens (tertiary/aromatic N) is 3. The maximum absolute atomic E-state index is 11.9. The van der Waals surface area contributed by atoms with E-state index in [1.54, 1.807) is 24.3 Å². The van der Waals surface area contributed by atoms with Gasteiger partial charge in [-0.25, -0.2) is 15.0 Å². The van der Waals surface area contributed by atoms with E-state index < -0.39 is 11.9 Å². The van der Waals surface area contributed by atoms with Gasteiger partial charge in [-0.3, -0.25) is 9.59 Å². The number of anilines is 1. The Morgan fingerprint density at radius 2 is 1.91 bits per heavy atom. The summed E-state index contributed by atoms with van der Waals surface area (Å²) in [6.45, 7) is 0.594. The van der Waals surface area contributed by atoms with Crippen LogP contribution in [0.2, 0.25) is 0 Å². The largest absolute Gasteiger partial charge is 0.439 e. The molecule has 0 bridgehead atoms. The molecule has 32 heavy (non-hydrogen) atoms. The number of ether oxygens (including phenoxy) is 1. The number of pyridine rings is 1. The molecule has 1 saturated carbocycles. The fraction of sp³-hybridized carbons (Fsp3) is 0.261. The molecule has 162 valence electrons. The first-order valence-corrected chi connectivity index (χ1v) is 10.5. The Balaban J connectivity index is 1.35. The Morgan fingerprint density at radius 1 is 1.09 bits per heavy atom. The molecule has 9 nitrogen and oxygen atoms in total. The molecular formula is C23H22N6O3. The van der Waals surface area contributed by atoms with Crippen molar-refractivity contribution in [2.75, 3.05) is 11.9 Å². The van der Waals surface area contributed by atoms with E-state index in [0.29, 0.717) is 47.7 Å². The summed E-state index contributed by atoms with van der Waals surface area (Å²) in [6, 6.07) is 12.1. The van der Waals surface area contributed by atoms with Crippen molar-refractivity contribution in [2.24, 2.45) is 5.73 Å². The highest BCUT2D eigenvalue weighted by Crippen LogP contribution is 2.40. The highest BCUT2D eigenvalue weighted by Gasteiger charge is 2.25. The first kappa shape index (κ1) is 19.9. The summed E-state index contributed by atoms with van der Waals surface area (Å²) in [5, 5.41) is 5.81. The zero-order chi connectivity index (χ0) is 22.1. The molecule has 2 amide bonds. The highest BCUT2D eigenvalue weighted by atomic mass is 16.5. The van der Waals surface area contributed by atoms with Crippen LogP contribution in [0.3, 0.4) is 0 Å². The monoisotopic (exact) mass is 430 g/mol. The smallest absolute Gasteiger partial charge is 0.267 e. The van der Waals surface area contributed by atoms with Gasteiger partial charge in [0.1, 0.15) is 23.3 Å². The molecule has 4 N–H and O–H groups in total. The number of nitrogens with two attached hydrogens (primary N) is 1. The summed E-state index contributed by atoms with van der Waals surface area (Å²) in [6.07, 6.45) is 4.95. The lowest BCUT2D eigenvalue weighted by Crippen LogP contribution is -2.30. The Morgan fingerprint density at radius 3 is 2.53 bits per heavy atom. The molecule has 1 atom stereocenters. The fourth-order valence-corrected chi connectivity index (χ4v) is 3.59. The summed E-state index contributed by atoms with van der Waals surface area (Å²) in [5.41, 5.74) is 7.44. The van der Waals surface area contributed by atoms with Crippen molar-refractivity contribution >= 4 is 17.6 Å². The molecule has 5 rings (SSSR count). The number of nitrogens with one attached hydrogen (secondary N) is 2. The van der Waals surface area contributed by atoms with Crippen LogP contribution in [0, 0.1) is 0 Å². The van der Waals surface area contributed by atoms with Crippen molar-refractivity contribution in [3.05, 3.63) is 59.9 Å². The zero-order valence-corrected chi connectivity index (χ0v) is 17.2. The van der Waals surface area contributed by atoms with Crippen molar-refractivity contribution in [3.8, 4) is 23.0 Å². The number of primary amides is 1. The molecule has 0 radical (unpaired) electrons. The van der Waals surface area contributed by atoms with E-state index in [4.69, 9.17) is 10.5 Å². The standard InChI is InChI=1S/C23H22N6O3/c24-21(30)18-11-19(27-17-9-10-25-23(17)31)29-22(28-18)14-3-6-16(7-4-14)32-20-8-5-15(12-26-20)13-1-2-13/h3-8,11-13,17H,1-2,9-10H2,(H2,24,30)(H,25,31)(H,27,28,29). The van der Waals surface area contributed by atoms with Gasteiger partial charge in [0.05, 0.1) is 0 Å². The van der Waals surface area contributed by atoms with Crippen molar-refractivity contribution in [1.82, 2.24) is 20.3 Å². The second-order valence-corrected chi connectivity index (χ2v) is 7.93. The normalized spacial score (nSPS) is 17.6. The van der Waals surface area contributed by atoms with Crippen LogP contribution in [-0.4, -0.2) is 39.4 Å². The van der Waals surface area contributed by atoms with Crippen molar-refractivity contribution in [2.45, 2.75) is 31.2 Å². The summed E-state index contributed by atoms with van der Waals surface area (Å²) < 4.78 is 5.83. The first-order valence-electron chi connectivity index (χ1n) is 10.5. The summed E-state index contributed by atoms with van der Waals surface area (Å²) in [4.78, 5) is 36.7. The van der Waals surface area contributed by atoms with E-state index in [1.165, 1.54) is 24.5 Å². The van der Waals surface area contributed by atoms with Gasteiger partial charge in [-0.15, -0.1) is 0 Å². The molecule has 1 aliphatic carbocycles. The van der Waals surface area contributed by atoms with E-state index in [9.17, 15) is 9.59 Å². The van der Waals surface area contributed by atoms with Gasteiger partial charge in [0.15, 0.2) is 5.82 Å². The van der Waals surface area contributed by atoms with Crippen molar-refractivity contribution < 1.29 is 14.3 Å². The van der Waals surface area contributed by atoms with Gasteiger partial charge in [-0.2, -0.15) is 0 Å². The molecule has 1 unspecified atom stereocenters. The minimum Gasteiger partial charge on any atom is -0.439 e. The second-order valence-electron chi connectivity index (χ2n) is 7.93. The van der Waals surface area contributed by atoms with Gasteiger partial charge in [-0.05, 0) is 55.0 Å². The molecule has 0 spiro atoms. The molecule has 1 aliphatic heterocycles. The minimum absolute atomic E-state index is 0.0659. The van der Waals surface area contributed by atoms with Gasteiger partial charge in [0, 0.05) is 30.4 Å². The number of carbonyl (C=O) groups is 2. The molecule has 9 heteroatoms. The summed E-state index contributed by atoms with van der Waals surface area (Å²) >= 11 is 0. The van der Waals surface area contributed by atoms with E-state index in [2.05, 4.69) is 31.7 Å². The molecular weight excluding hydrogens is 408 g/mol. The van der Waals surface area contributed by atoms with Gasteiger partial charge in [-0.1, -0.05) is 6.07 Å². The predicted molar refractivity (Wildman–Crippen MR) is 117 cm³/mol. The van der Waals surface area contributed by atoms with Crippen LogP contribution in [0.4, 0.5) is 5.82 Å². The second kappa shape index (κ2) is 8.26. The predicted octanol–water partition coefficient (Wildman–Crippen LogP) is 2.61. The molecule has 1 saturated heterocycles. The number of rotatable bonds is 7. The van der Waals surface area contributed by atoms with Gasteiger partial charge < -0.3 is 21.1 Å². The Kier molecular flexibility index (Phi) is 5.14. The number of hydrogen-bond donors (Lipinski definition) is 3. The van der Waals surface area contributed by atoms with E-state index >= 15 is 0 Å². The SMILES string of the molecule is NC(=O)c1cc(NC2CCNC2=O)nc(-c2ccc(Oc3ccc(C4CC4)cn3)cc2)n1. The van der Waals surface area contributed by atoms with Gasteiger partial charge >= 0.3 is 0 Å². The maximum Gasteiger partial charge on any atom is 0.267 e. The zero-order valence-electron chi connectivity index (χ0n) is 17.2. The molecule has 1 aromatic carbocycles. The Bertz CT molecular complexity index is 1160. The first-order chi connectivity index (χ1) is 15.5. The van der Waals surface area contributed by atoms with Gasteiger partial charge in [0.25, 0.3) is 5.91 Å². The van der Waals surface area contributed by atoms with E-state index in [-0.39, 0.29) is 11.6 Å². The number of benzene rings is 1. The summed E-state index contributed by atoms with van der Waals surface area (Å²) in [7, 11) is 0. The van der Waals surface area contributed by atoms with E-state index in [0.717, 1.165) is 0 Å². The number of amides is 2. The molecule has 2 aromatic heterocycles. The summed E-state index contributed by atoms with van der Waals surface area (Å²) in [5.74, 6) is 1.70. The molecule has 3 heterocycles. The van der Waals surface area contributed by atoms with Crippen LogP contribution in [-0.2, 0) is 4.79 Å². The topological polar surface area (TPSA) is 132 Å². The average Bonchev–Trinajstić information content (AvgIpc) is 3.58. The lowest BCUT2D eigenvalue weighted by molar-refractivity contribution is -0.119. The van der Waals surface area contributed by atoms with Crippen LogP contribution in [0.15, 0.2) is 48.7 Å².